The average Bonchev–Trinajstić information content (AvgIpc) is 3.07. The van der Waals surface area contributed by atoms with Crippen LogP contribution in [0.25, 0.3) is 0 Å². The smallest absolute Gasteiger partial charge is 0.254 e. The molecule has 1 aromatic heterocycles. The van der Waals surface area contributed by atoms with Gasteiger partial charge >= 0.3 is 0 Å². The number of nitrogens with one attached hydrogen (secondary N) is 1. The minimum absolute atomic E-state index is 0.00153. The second-order valence-corrected chi connectivity index (χ2v) is 9.27. The summed E-state index contributed by atoms with van der Waals surface area (Å²) in [4.78, 5) is 19.3. The van der Waals surface area contributed by atoms with Gasteiger partial charge in [-0.25, -0.2) is 17.8 Å². The van der Waals surface area contributed by atoms with Crippen LogP contribution < -0.4 is 0 Å². The van der Waals surface area contributed by atoms with E-state index in [0.29, 0.717) is 30.2 Å². The van der Waals surface area contributed by atoms with Gasteiger partial charge in [0, 0.05) is 25.2 Å². The lowest BCUT2D eigenvalue weighted by Gasteiger charge is -2.29. The number of halogens is 1. The van der Waals surface area contributed by atoms with E-state index < -0.39 is 21.9 Å². The second-order valence-electron chi connectivity index (χ2n) is 7.33. The van der Waals surface area contributed by atoms with Gasteiger partial charge in [0.25, 0.3) is 5.91 Å². The number of H-pyrrole nitrogens is 1. The third-order valence-corrected chi connectivity index (χ3v) is 7.08. The van der Waals surface area contributed by atoms with Gasteiger partial charge < -0.3 is 4.90 Å². The van der Waals surface area contributed by atoms with Crippen LogP contribution in [0.3, 0.4) is 0 Å². The molecule has 1 atom stereocenters. The largest absolute Gasteiger partial charge is 0.327 e. The van der Waals surface area contributed by atoms with Gasteiger partial charge in [0.05, 0.1) is 4.90 Å². The number of hydrogen-bond acceptors (Lipinski definition) is 5. The monoisotopic (exact) mass is 443 g/mol. The number of nitrogens with zero attached hydrogens (tertiary/aromatic N) is 4. The molecule has 1 N–H and O–H groups in total. The van der Waals surface area contributed by atoms with Crippen molar-refractivity contribution in [3.05, 3.63) is 77.6 Å². The third kappa shape index (κ3) is 4.35. The number of hydrogen-bond donors (Lipinski definition) is 1. The first-order valence-electron chi connectivity index (χ1n) is 9.87. The topological polar surface area (TPSA) is 99.3 Å². The van der Waals surface area contributed by atoms with Gasteiger partial charge in [0.2, 0.25) is 10.0 Å². The first-order valence-corrected chi connectivity index (χ1v) is 11.3. The van der Waals surface area contributed by atoms with Crippen molar-refractivity contribution in [2.75, 3.05) is 19.6 Å². The molecule has 1 saturated heterocycles. The molecular formula is C21H22FN5O3S. The Kier molecular flexibility index (Phi) is 5.84. The van der Waals surface area contributed by atoms with E-state index in [0.717, 1.165) is 12.1 Å². The minimum atomic E-state index is -3.89. The first kappa shape index (κ1) is 21.1. The molecule has 3 aromatic rings. The lowest BCUT2D eigenvalue weighted by molar-refractivity contribution is 0.0676. The van der Waals surface area contributed by atoms with Crippen LogP contribution in [0.1, 0.15) is 34.5 Å². The highest BCUT2D eigenvalue weighted by Crippen LogP contribution is 2.28. The summed E-state index contributed by atoms with van der Waals surface area (Å²) >= 11 is 0. The molecule has 0 saturated carbocycles. The Morgan fingerprint density at radius 3 is 2.45 bits per heavy atom. The summed E-state index contributed by atoms with van der Waals surface area (Å²) < 4.78 is 41.1. The SMILES string of the molecule is Cc1nc(C2CN(S(=O)(=O)c3ccc(F)cc3)CCCN2C(=O)c2ccccc2)n[nH]1. The molecule has 1 fully saturated rings. The maximum absolute atomic E-state index is 13.3. The number of carbonyl (C=O) groups is 1. The first-order chi connectivity index (χ1) is 14.9. The van der Waals surface area contributed by atoms with Crippen LogP contribution in [-0.2, 0) is 10.0 Å². The summed E-state index contributed by atoms with van der Waals surface area (Å²) in [6.45, 7) is 2.30. The van der Waals surface area contributed by atoms with Gasteiger partial charge in [-0.1, -0.05) is 18.2 Å². The van der Waals surface area contributed by atoms with Crippen molar-refractivity contribution in [3.8, 4) is 0 Å². The van der Waals surface area contributed by atoms with Gasteiger partial charge in [-0.3, -0.25) is 9.89 Å². The zero-order valence-corrected chi connectivity index (χ0v) is 17.7. The number of amides is 1. The van der Waals surface area contributed by atoms with E-state index in [1.165, 1.54) is 16.4 Å². The molecule has 2 heterocycles. The molecular weight excluding hydrogens is 421 g/mol. The molecule has 10 heteroatoms. The van der Waals surface area contributed by atoms with Crippen molar-refractivity contribution >= 4 is 15.9 Å². The van der Waals surface area contributed by atoms with E-state index in [1.54, 1.807) is 36.1 Å². The van der Waals surface area contributed by atoms with Crippen LogP contribution in [0.15, 0.2) is 59.5 Å². The molecule has 0 spiro atoms. The van der Waals surface area contributed by atoms with Crippen molar-refractivity contribution in [1.29, 1.82) is 0 Å². The van der Waals surface area contributed by atoms with Gasteiger partial charge in [0.1, 0.15) is 17.7 Å². The second kappa shape index (κ2) is 8.56. The maximum atomic E-state index is 13.3. The van der Waals surface area contributed by atoms with E-state index in [2.05, 4.69) is 15.2 Å². The number of sulfonamides is 1. The van der Waals surface area contributed by atoms with E-state index in [-0.39, 0.29) is 23.9 Å². The molecule has 0 radical (unpaired) electrons. The van der Waals surface area contributed by atoms with Gasteiger partial charge in [-0.05, 0) is 49.7 Å². The Bertz CT molecular complexity index is 1170. The maximum Gasteiger partial charge on any atom is 0.254 e. The van der Waals surface area contributed by atoms with Crippen LogP contribution in [0.5, 0.6) is 0 Å². The van der Waals surface area contributed by atoms with E-state index >= 15 is 0 Å². The van der Waals surface area contributed by atoms with Crippen LogP contribution in [0.2, 0.25) is 0 Å². The number of carbonyl (C=O) groups excluding carboxylic acids is 1. The minimum Gasteiger partial charge on any atom is -0.327 e. The summed E-state index contributed by atoms with van der Waals surface area (Å²) in [6.07, 6.45) is 0.443. The lowest BCUT2D eigenvalue weighted by Crippen LogP contribution is -2.40. The zero-order valence-electron chi connectivity index (χ0n) is 16.9. The predicted molar refractivity (Wildman–Crippen MR) is 111 cm³/mol. The van der Waals surface area contributed by atoms with Gasteiger partial charge in [-0.2, -0.15) is 9.40 Å². The quantitative estimate of drug-likeness (QED) is 0.668. The Morgan fingerprint density at radius 1 is 1.10 bits per heavy atom. The van der Waals surface area contributed by atoms with Crippen LogP contribution in [-0.4, -0.2) is 58.3 Å². The van der Waals surface area contributed by atoms with Crippen molar-refractivity contribution in [1.82, 2.24) is 24.4 Å². The number of aromatic nitrogens is 3. The molecule has 0 aliphatic carbocycles. The Morgan fingerprint density at radius 2 is 1.81 bits per heavy atom. The fourth-order valence-electron chi connectivity index (χ4n) is 3.65. The summed E-state index contributed by atoms with van der Waals surface area (Å²) in [6, 6.07) is 12.9. The summed E-state index contributed by atoms with van der Waals surface area (Å²) in [5.74, 6) is 0.194. The van der Waals surface area contributed by atoms with E-state index in [1.807, 2.05) is 6.07 Å². The summed E-state index contributed by atoms with van der Waals surface area (Å²) in [5.41, 5.74) is 0.509. The molecule has 1 amide bonds. The Hall–Kier alpha value is -3.11. The molecule has 2 aromatic carbocycles. The average molecular weight is 444 g/mol. The highest BCUT2D eigenvalue weighted by atomic mass is 32.2. The van der Waals surface area contributed by atoms with E-state index in [4.69, 9.17) is 0 Å². The normalized spacial score (nSPS) is 18.0. The summed E-state index contributed by atoms with van der Waals surface area (Å²) in [7, 11) is -3.89. The van der Waals surface area contributed by atoms with Crippen molar-refractivity contribution in [2.45, 2.75) is 24.3 Å². The van der Waals surface area contributed by atoms with E-state index in [9.17, 15) is 17.6 Å². The van der Waals surface area contributed by atoms with Crippen LogP contribution in [0.4, 0.5) is 4.39 Å². The van der Waals surface area contributed by atoms with Crippen LogP contribution >= 0.6 is 0 Å². The predicted octanol–water partition coefficient (Wildman–Crippen LogP) is 2.53. The fourth-order valence-corrected chi connectivity index (χ4v) is 5.13. The standard InChI is InChI=1S/C21H22FN5O3S/c1-15-23-20(25-24-15)19-14-26(31(29,30)18-10-8-17(22)9-11-18)12-5-13-27(19)21(28)16-6-3-2-4-7-16/h2-4,6-11,19H,5,12-14H2,1H3,(H,23,24,25). The highest BCUT2D eigenvalue weighted by molar-refractivity contribution is 7.89. The highest BCUT2D eigenvalue weighted by Gasteiger charge is 2.37. The summed E-state index contributed by atoms with van der Waals surface area (Å²) in [5, 5.41) is 6.98. The number of benzene rings is 2. The van der Waals surface area contributed by atoms with Crippen molar-refractivity contribution in [2.24, 2.45) is 0 Å². The molecule has 1 aliphatic rings. The zero-order chi connectivity index (χ0) is 22.0. The van der Waals surface area contributed by atoms with Crippen LogP contribution in [0, 0.1) is 12.7 Å². The third-order valence-electron chi connectivity index (χ3n) is 5.20. The molecule has 8 nitrogen and oxygen atoms in total. The number of rotatable bonds is 4. The van der Waals surface area contributed by atoms with Crippen molar-refractivity contribution < 1.29 is 17.6 Å². The fraction of sp³-hybridized carbons (Fsp3) is 0.286. The Balaban J connectivity index is 1.70. The number of aryl methyl sites for hydroxylation is 1. The Labute approximate surface area is 179 Å². The van der Waals surface area contributed by atoms with Gasteiger partial charge in [0.15, 0.2) is 5.82 Å². The molecule has 162 valence electrons. The molecule has 4 rings (SSSR count). The van der Waals surface area contributed by atoms with Gasteiger partial charge in [-0.15, -0.1) is 0 Å². The lowest BCUT2D eigenvalue weighted by atomic mass is 10.1. The number of aromatic amines is 1. The van der Waals surface area contributed by atoms with Crippen molar-refractivity contribution in [3.63, 3.8) is 0 Å². The molecule has 1 aliphatic heterocycles. The molecule has 31 heavy (non-hydrogen) atoms. The molecule has 1 unspecified atom stereocenters. The molecule has 0 bridgehead atoms.